The molecule has 0 aliphatic heterocycles. The van der Waals surface area contributed by atoms with Gasteiger partial charge in [0.25, 0.3) is 0 Å². The Morgan fingerprint density at radius 1 is 1.03 bits per heavy atom. The molecule has 5 rings (SSSR count). The van der Waals surface area contributed by atoms with E-state index in [2.05, 4.69) is 11.1 Å². The van der Waals surface area contributed by atoms with Gasteiger partial charge in [0.2, 0.25) is 0 Å². The first-order valence-electron chi connectivity index (χ1n) is 11.9. The summed E-state index contributed by atoms with van der Waals surface area (Å²) in [7, 11) is 0. The molecule has 3 aromatic carbocycles. The zero-order valence-electron chi connectivity index (χ0n) is 20.7. The van der Waals surface area contributed by atoms with Gasteiger partial charge in [-0.25, -0.2) is 9.78 Å². The van der Waals surface area contributed by atoms with Crippen molar-refractivity contribution in [3.63, 3.8) is 0 Å². The maximum absolute atomic E-state index is 13.2. The van der Waals surface area contributed by atoms with Gasteiger partial charge in [0.15, 0.2) is 5.78 Å². The van der Waals surface area contributed by atoms with Crippen LogP contribution in [0.5, 0.6) is 5.75 Å². The Morgan fingerprint density at radius 2 is 1.77 bits per heavy atom. The van der Waals surface area contributed by atoms with Gasteiger partial charge in [-0.1, -0.05) is 54.2 Å². The molecule has 39 heavy (non-hydrogen) atoms. The van der Waals surface area contributed by atoms with Crippen LogP contribution in [0.4, 0.5) is 5.82 Å². The number of ether oxygens (including phenoxy) is 1. The molecule has 2 heterocycles. The molecule has 0 fully saturated rings. The largest absolute Gasteiger partial charge is 0.494 e. The fraction of sp³-hybridized carbons (Fsp3) is 0.100. The van der Waals surface area contributed by atoms with Crippen LogP contribution >= 0.6 is 11.8 Å². The van der Waals surface area contributed by atoms with Crippen molar-refractivity contribution in [1.29, 1.82) is 10.5 Å². The Labute approximate surface area is 227 Å². The van der Waals surface area contributed by atoms with Gasteiger partial charge in [-0.2, -0.15) is 10.5 Å². The number of pyridine rings is 1. The smallest absolute Gasteiger partial charge is 0.347 e. The first-order valence-corrected chi connectivity index (χ1v) is 12.9. The van der Waals surface area contributed by atoms with Crippen molar-refractivity contribution in [1.82, 2.24) is 4.98 Å². The van der Waals surface area contributed by atoms with Gasteiger partial charge in [0, 0.05) is 10.9 Å². The number of thioether (sulfide) groups is 1. The lowest BCUT2D eigenvalue weighted by molar-refractivity contribution is 0.101. The topological polar surface area (TPSA) is 143 Å². The van der Waals surface area contributed by atoms with Crippen LogP contribution in [0.1, 0.15) is 28.4 Å². The number of nitrogens with two attached hydrogens (primary N) is 1. The van der Waals surface area contributed by atoms with Gasteiger partial charge in [0.05, 0.1) is 17.9 Å². The second-order valence-corrected chi connectivity index (χ2v) is 9.43. The summed E-state index contributed by atoms with van der Waals surface area (Å²) in [5, 5.41) is 22.4. The highest BCUT2D eigenvalue weighted by molar-refractivity contribution is 8.00. The third-order valence-corrected chi connectivity index (χ3v) is 7.13. The standard InChI is InChI=1S/C30H20N4O4S/c1-2-37-19-10-7-18(8-11-19)27-23(14-31)28(33)34-29(24(27)15-32)39-16-25(35)22-13-21-20-6-4-3-5-17(20)9-12-26(21)38-30(22)36/h3-13H,2,16H2,1H3,(H2,33,34). The average Bonchev–Trinajstić information content (AvgIpc) is 2.95. The monoisotopic (exact) mass is 532 g/mol. The molecule has 0 aliphatic carbocycles. The van der Waals surface area contributed by atoms with E-state index in [1.54, 1.807) is 36.4 Å². The average molecular weight is 533 g/mol. The molecule has 0 amide bonds. The first kappa shape index (κ1) is 25.5. The van der Waals surface area contributed by atoms with Crippen LogP contribution in [0.25, 0.3) is 32.9 Å². The number of hydrogen-bond acceptors (Lipinski definition) is 9. The van der Waals surface area contributed by atoms with Crippen molar-refractivity contribution >= 4 is 45.1 Å². The van der Waals surface area contributed by atoms with Crippen molar-refractivity contribution < 1.29 is 13.9 Å². The van der Waals surface area contributed by atoms with E-state index in [0.29, 0.717) is 34.5 Å². The number of nitriles is 2. The van der Waals surface area contributed by atoms with Crippen molar-refractivity contribution in [2.45, 2.75) is 11.9 Å². The molecular weight excluding hydrogens is 512 g/mol. The molecule has 0 unspecified atom stereocenters. The zero-order chi connectivity index (χ0) is 27.5. The lowest BCUT2D eigenvalue weighted by Gasteiger charge is -2.13. The van der Waals surface area contributed by atoms with Crippen LogP contribution in [0, 0.1) is 22.7 Å². The van der Waals surface area contributed by atoms with Crippen LogP contribution < -0.4 is 16.1 Å². The van der Waals surface area contributed by atoms with E-state index >= 15 is 0 Å². The fourth-order valence-corrected chi connectivity index (χ4v) is 5.23. The molecular formula is C30H20N4O4S. The second-order valence-electron chi connectivity index (χ2n) is 8.47. The zero-order valence-corrected chi connectivity index (χ0v) is 21.5. The number of aromatic nitrogens is 1. The normalized spacial score (nSPS) is 10.7. The number of nitrogen functional groups attached to an aromatic ring is 1. The number of nitrogens with zero attached hydrogens (tertiary/aromatic N) is 3. The van der Waals surface area contributed by atoms with Gasteiger partial charge in [-0.05, 0) is 47.5 Å². The van der Waals surface area contributed by atoms with E-state index in [-0.39, 0.29) is 33.3 Å². The van der Waals surface area contributed by atoms with E-state index in [1.165, 1.54) is 0 Å². The van der Waals surface area contributed by atoms with Crippen LogP contribution in [-0.2, 0) is 0 Å². The third kappa shape index (κ3) is 4.79. The lowest BCUT2D eigenvalue weighted by Crippen LogP contribution is -2.16. The van der Waals surface area contributed by atoms with Crippen LogP contribution in [0.3, 0.4) is 0 Å². The van der Waals surface area contributed by atoms with E-state index in [0.717, 1.165) is 22.5 Å². The molecule has 0 spiro atoms. The Bertz CT molecular complexity index is 1900. The van der Waals surface area contributed by atoms with Gasteiger partial charge in [0.1, 0.15) is 45.4 Å². The van der Waals surface area contributed by atoms with E-state index in [4.69, 9.17) is 14.9 Å². The third-order valence-electron chi connectivity index (χ3n) is 6.15. The van der Waals surface area contributed by atoms with Crippen LogP contribution in [0.2, 0.25) is 0 Å². The highest BCUT2D eigenvalue weighted by Crippen LogP contribution is 2.36. The van der Waals surface area contributed by atoms with Crippen LogP contribution in [0.15, 0.2) is 81.0 Å². The number of anilines is 1. The molecule has 190 valence electrons. The summed E-state index contributed by atoms with van der Waals surface area (Å²) in [4.78, 5) is 30.1. The Kier molecular flexibility index (Phi) is 7.00. The highest BCUT2D eigenvalue weighted by Gasteiger charge is 2.22. The number of carbonyl (C=O) groups excluding carboxylic acids is 1. The van der Waals surface area contributed by atoms with Crippen molar-refractivity contribution in [3.8, 4) is 29.0 Å². The minimum atomic E-state index is -0.744. The number of ketones is 1. The highest BCUT2D eigenvalue weighted by atomic mass is 32.2. The summed E-state index contributed by atoms with van der Waals surface area (Å²) >= 11 is 0.968. The van der Waals surface area contributed by atoms with E-state index in [1.807, 2.05) is 43.3 Å². The molecule has 0 saturated heterocycles. The Balaban J connectivity index is 1.51. The molecule has 0 radical (unpaired) electrons. The summed E-state index contributed by atoms with van der Waals surface area (Å²) in [6.45, 7) is 2.36. The number of fused-ring (bicyclic) bond motifs is 3. The lowest BCUT2D eigenvalue weighted by atomic mass is 9.97. The fourth-order valence-electron chi connectivity index (χ4n) is 4.35. The molecule has 2 aromatic heterocycles. The Hall–Kier alpha value is -5.12. The quantitative estimate of drug-likeness (QED) is 0.121. The van der Waals surface area contributed by atoms with Gasteiger partial charge >= 0.3 is 5.63 Å². The number of hydrogen-bond donors (Lipinski definition) is 1. The molecule has 2 N–H and O–H groups in total. The summed E-state index contributed by atoms with van der Waals surface area (Å²) in [6, 6.07) is 23.8. The van der Waals surface area contributed by atoms with E-state index in [9.17, 15) is 20.1 Å². The molecule has 0 atom stereocenters. The molecule has 5 aromatic rings. The summed E-state index contributed by atoms with van der Waals surface area (Å²) < 4.78 is 10.9. The summed E-state index contributed by atoms with van der Waals surface area (Å²) in [6.07, 6.45) is 0. The minimum Gasteiger partial charge on any atom is -0.494 e. The van der Waals surface area contributed by atoms with Crippen LogP contribution in [-0.4, -0.2) is 23.1 Å². The maximum atomic E-state index is 13.2. The molecule has 0 bridgehead atoms. The van der Waals surface area contributed by atoms with Gasteiger partial charge < -0.3 is 14.9 Å². The molecule has 9 heteroatoms. The van der Waals surface area contributed by atoms with Crippen molar-refractivity contribution in [2.75, 3.05) is 18.1 Å². The number of rotatable bonds is 7. The van der Waals surface area contributed by atoms with Gasteiger partial charge in [-0.3, -0.25) is 4.79 Å². The number of benzene rings is 3. The number of Topliss-reactive ketones (excluding diaryl/α,β-unsaturated/α-hetero) is 1. The molecule has 8 nitrogen and oxygen atoms in total. The summed E-state index contributed by atoms with van der Waals surface area (Å²) in [5.74, 6) is -0.106. The Morgan fingerprint density at radius 3 is 2.49 bits per heavy atom. The predicted molar refractivity (Wildman–Crippen MR) is 150 cm³/mol. The maximum Gasteiger partial charge on any atom is 0.347 e. The minimum absolute atomic E-state index is 0.0629. The predicted octanol–water partition coefficient (Wildman–Crippen LogP) is 5.71. The van der Waals surface area contributed by atoms with E-state index < -0.39 is 11.4 Å². The second kappa shape index (κ2) is 10.7. The summed E-state index contributed by atoms with van der Waals surface area (Å²) in [5.41, 5.74) is 6.71. The van der Waals surface area contributed by atoms with Gasteiger partial charge in [-0.15, -0.1) is 0 Å². The number of carbonyl (C=O) groups is 1. The molecule has 0 aliphatic rings. The van der Waals surface area contributed by atoms with Crippen molar-refractivity contribution in [3.05, 3.63) is 93.8 Å². The SMILES string of the molecule is CCOc1ccc(-c2c(C#N)c(N)nc(SCC(=O)c3cc4c(ccc5ccccc54)oc3=O)c2C#N)cc1. The molecule has 0 saturated carbocycles. The first-order chi connectivity index (χ1) is 18.9. The van der Waals surface area contributed by atoms with Crippen molar-refractivity contribution in [2.24, 2.45) is 0 Å².